The molecule has 0 saturated carbocycles. The van der Waals surface area contributed by atoms with Crippen LogP contribution in [0.3, 0.4) is 0 Å². The number of hydrogen-bond acceptors (Lipinski definition) is 4. The maximum Gasteiger partial charge on any atom is 0.266 e. The third kappa shape index (κ3) is 4.48. The Balaban J connectivity index is 1.97. The first kappa shape index (κ1) is 14.8. The topological polar surface area (TPSA) is 70.1 Å². The molecular formula is C16H17N3O2. The van der Waals surface area contributed by atoms with E-state index in [0.717, 1.165) is 11.3 Å². The van der Waals surface area contributed by atoms with E-state index in [1.165, 1.54) is 10.7 Å². The van der Waals surface area contributed by atoms with Crippen molar-refractivity contribution in [3.8, 4) is 17.6 Å². The summed E-state index contributed by atoms with van der Waals surface area (Å²) >= 11 is 0. The Morgan fingerprint density at radius 1 is 1.33 bits per heavy atom. The van der Waals surface area contributed by atoms with Gasteiger partial charge in [0.1, 0.15) is 12.4 Å². The molecule has 1 aromatic heterocycles. The first-order valence-electron chi connectivity index (χ1n) is 6.65. The van der Waals surface area contributed by atoms with Crippen LogP contribution in [0.1, 0.15) is 11.3 Å². The number of benzene rings is 1. The molecule has 0 unspecified atom stereocenters. The normalized spacial score (nSPS) is 9.81. The van der Waals surface area contributed by atoms with Crippen molar-refractivity contribution in [2.45, 2.75) is 13.5 Å². The number of rotatable bonds is 4. The van der Waals surface area contributed by atoms with Crippen molar-refractivity contribution >= 4 is 0 Å². The van der Waals surface area contributed by atoms with Gasteiger partial charge in [0.25, 0.3) is 5.56 Å². The minimum Gasteiger partial charge on any atom is -0.492 e. The number of aromatic nitrogens is 2. The van der Waals surface area contributed by atoms with Gasteiger partial charge in [0, 0.05) is 11.6 Å². The lowest BCUT2D eigenvalue weighted by molar-refractivity contribution is 0.287. The number of ether oxygens (including phenoxy) is 1. The van der Waals surface area contributed by atoms with E-state index in [1.54, 1.807) is 6.07 Å². The van der Waals surface area contributed by atoms with E-state index in [2.05, 4.69) is 16.9 Å². The Hall–Kier alpha value is -2.58. The molecule has 0 amide bonds. The van der Waals surface area contributed by atoms with Gasteiger partial charge in [-0.2, -0.15) is 5.10 Å². The molecule has 108 valence electrons. The molecule has 0 atom stereocenters. The van der Waals surface area contributed by atoms with E-state index in [-0.39, 0.29) is 5.56 Å². The fourth-order valence-electron chi connectivity index (χ4n) is 1.78. The summed E-state index contributed by atoms with van der Waals surface area (Å²) in [6.07, 6.45) is 0. The fourth-order valence-corrected chi connectivity index (χ4v) is 1.78. The van der Waals surface area contributed by atoms with Crippen LogP contribution in [0.15, 0.2) is 41.2 Å². The van der Waals surface area contributed by atoms with Crippen molar-refractivity contribution in [3.63, 3.8) is 0 Å². The molecule has 1 heterocycles. The Morgan fingerprint density at radius 2 is 2.19 bits per heavy atom. The highest BCUT2D eigenvalue weighted by atomic mass is 16.5. The Bertz CT molecular complexity index is 726. The molecule has 0 radical (unpaired) electrons. The molecule has 21 heavy (non-hydrogen) atoms. The van der Waals surface area contributed by atoms with Crippen LogP contribution in [-0.4, -0.2) is 22.9 Å². The SMILES string of the molecule is Cc1ccc(=O)n(CCOc2cccc(C#CCN)c2)n1. The van der Waals surface area contributed by atoms with Crippen molar-refractivity contribution in [1.82, 2.24) is 9.78 Å². The second-order valence-electron chi connectivity index (χ2n) is 4.42. The third-order valence-corrected chi connectivity index (χ3v) is 2.74. The van der Waals surface area contributed by atoms with Gasteiger partial charge in [-0.15, -0.1) is 0 Å². The Labute approximate surface area is 123 Å². The molecule has 0 fully saturated rings. The van der Waals surface area contributed by atoms with Gasteiger partial charge in [-0.3, -0.25) is 4.79 Å². The zero-order valence-corrected chi connectivity index (χ0v) is 11.9. The molecule has 0 spiro atoms. The lowest BCUT2D eigenvalue weighted by Gasteiger charge is -2.08. The van der Waals surface area contributed by atoms with Crippen molar-refractivity contribution in [2.75, 3.05) is 13.2 Å². The smallest absolute Gasteiger partial charge is 0.266 e. The van der Waals surface area contributed by atoms with Crippen LogP contribution in [0.25, 0.3) is 0 Å². The standard InChI is InChI=1S/C16H17N3O2/c1-13-7-8-16(20)19(18-13)10-11-21-15-6-2-4-14(12-15)5-3-9-17/h2,4,6-8,12H,9-11,17H2,1H3. The quantitative estimate of drug-likeness (QED) is 0.848. The van der Waals surface area contributed by atoms with Gasteiger partial charge < -0.3 is 10.5 Å². The second kappa shape index (κ2) is 7.27. The summed E-state index contributed by atoms with van der Waals surface area (Å²) in [7, 11) is 0. The van der Waals surface area contributed by atoms with E-state index in [9.17, 15) is 4.79 Å². The average Bonchev–Trinajstić information content (AvgIpc) is 2.49. The maximum absolute atomic E-state index is 11.6. The summed E-state index contributed by atoms with van der Waals surface area (Å²) in [6.45, 7) is 2.94. The number of nitrogens with zero attached hydrogens (tertiary/aromatic N) is 2. The van der Waals surface area contributed by atoms with Crippen molar-refractivity contribution in [3.05, 3.63) is 58.0 Å². The third-order valence-electron chi connectivity index (χ3n) is 2.74. The van der Waals surface area contributed by atoms with E-state index in [0.29, 0.717) is 25.4 Å². The van der Waals surface area contributed by atoms with Gasteiger partial charge in [-0.05, 0) is 31.2 Å². The summed E-state index contributed by atoms with van der Waals surface area (Å²) in [6, 6.07) is 10.6. The van der Waals surface area contributed by atoms with Crippen LogP contribution >= 0.6 is 0 Å². The number of hydrogen-bond donors (Lipinski definition) is 1. The van der Waals surface area contributed by atoms with Gasteiger partial charge in [0.05, 0.1) is 18.8 Å². The molecule has 5 nitrogen and oxygen atoms in total. The minimum absolute atomic E-state index is 0.133. The number of nitrogens with two attached hydrogens (primary N) is 1. The summed E-state index contributed by atoms with van der Waals surface area (Å²) in [5, 5.41) is 4.15. The minimum atomic E-state index is -0.133. The molecule has 5 heteroatoms. The zero-order chi connectivity index (χ0) is 15.1. The fraction of sp³-hybridized carbons (Fsp3) is 0.250. The van der Waals surface area contributed by atoms with Crippen LogP contribution in [0.5, 0.6) is 5.75 Å². The summed E-state index contributed by atoms with van der Waals surface area (Å²) < 4.78 is 7.02. The van der Waals surface area contributed by atoms with E-state index < -0.39 is 0 Å². The molecule has 0 saturated heterocycles. The molecular weight excluding hydrogens is 266 g/mol. The van der Waals surface area contributed by atoms with E-state index in [4.69, 9.17) is 10.5 Å². The van der Waals surface area contributed by atoms with Crippen LogP contribution in [0.2, 0.25) is 0 Å². The summed E-state index contributed by atoms with van der Waals surface area (Å²) in [4.78, 5) is 11.6. The predicted molar refractivity (Wildman–Crippen MR) is 81.1 cm³/mol. The van der Waals surface area contributed by atoms with Gasteiger partial charge in [0.15, 0.2) is 0 Å². The zero-order valence-electron chi connectivity index (χ0n) is 11.9. The molecule has 2 aromatic rings. The lowest BCUT2D eigenvalue weighted by Crippen LogP contribution is -2.25. The number of aryl methyl sites for hydroxylation is 1. The first-order valence-corrected chi connectivity index (χ1v) is 6.65. The molecule has 0 aliphatic rings. The van der Waals surface area contributed by atoms with Crippen molar-refractivity contribution in [2.24, 2.45) is 5.73 Å². The van der Waals surface area contributed by atoms with Crippen molar-refractivity contribution < 1.29 is 4.74 Å². The van der Waals surface area contributed by atoms with Gasteiger partial charge >= 0.3 is 0 Å². The van der Waals surface area contributed by atoms with E-state index in [1.807, 2.05) is 31.2 Å². The first-order chi connectivity index (χ1) is 10.2. The second-order valence-corrected chi connectivity index (χ2v) is 4.42. The summed E-state index contributed by atoms with van der Waals surface area (Å²) in [5.41, 5.74) is 6.86. The van der Waals surface area contributed by atoms with Gasteiger partial charge in [-0.1, -0.05) is 17.9 Å². The molecule has 0 bridgehead atoms. The van der Waals surface area contributed by atoms with Crippen molar-refractivity contribution in [1.29, 1.82) is 0 Å². The summed E-state index contributed by atoms with van der Waals surface area (Å²) in [5.74, 6) is 6.45. The Kier molecular flexibility index (Phi) is 5.13. The largest absolute Gasteiger partial charge is 0.492 e. The monoisotopic (exact) mass is 283 g/mol. The predicted octanol–water partition coefficient (Wildman–Crippen LogP) is 0.941. The van der Waals surface area contributed by atoms with Crippen LogP contribution in [0.4, 0.5) is 0 Å². The molecule has 0 aliphatic heterocycles. The molecule has 0 aliphatic carbocycles. The van der Waals surface area contributed by atoms with Gasteiger partial charge in [0.2, 0.25) is 0 Å². The lowest BCUT2D eigenvalue weighted by atomic mass is 10.2. The highest BCUT2D eigenvalue weighted by Crippen LogP contribution is 2.12. The molecule has 2 rings (SSSR count). The van der Waals surface area contributed by atoms with E-state index >= 15 is 0 Å². The highest BCUT2D eigenvalue weighted by Gasteiger charge is 1.99. The van der Waals surface area contributed by atoms with Gasteiger partial charge in [-0.25, -0.2) is 4.68 Å². The average molecular weight is 283 g/mol. The van der Waals surface area contributed by atoms with Crippen LogP contribution in [-0.2, 0) is 6.54 Å². The van der Waals surface area contributed by atoms with Crippen LogP contribution in [0, 0.1) is 18.8 Å². The Morgan fingerprint density at radius 3 is 3.00 bits per heavy atom. The highest BCUT2D eigenvalue weighted by molar-refractivity contribution is 5.39. The molecule has 1 aromatic carbocycles. The molecule has 2 N–H and O–H groups in total. The maximum atomic E-state index is 11.6. The van der Waals surface area contributed by atoms with Crippen LogP contribution < -0.4 is 16.0 Å².